The zero-order valence-electron chi connectivity index (χ0n) is 46.0. The number of aliphatic carboxylic acids is 1. The van der Waals surface area contributed by atoms with E-state index in [2.05, 4.69) is 148 Å². The molecule has 0 heterocycles. The normalized spacial score (nSPS) is 13.8. The molecule has 0 amide bonds. The summed E-state index contributed by atoms with van der Waals surface area (Å²) in [5.41, 5.74) is 0. The minimum absolute atomic E-state index is 0.170. The number of allylic oxidation sites excluding steroid dienone is 22. The number of carboxylic acid groups (broad SMARTS) is 1. The molecule has 0 spiro atoms. The summed E-state index contributed by atoms with van der Waals surface area (Å²) in [5, 5.41) is 9.68. The Bertz CT molecular complexity index is 1640. The lowest BCUT2D eigenvalue weighted by Gasteiger charge is -2.25. The predicted octanol–water partition coefficient (Wildman–Crippen LogP) is 16.3. The average Bonchev–Trinajstić information content (AvgIpc) is 3.35. The molecule has 0 saturated heterocycles. The van der Waals surface area contributed by atoms with E-state index in [1.807, 2.05) is 21.1 Å². The molecule has 1 N–H and O–H groups in total. The standard InChI is InChI=1S/C63H101NO8/c1-6-8-10-12-14-16-18-20-22-24-25-26-27-28-29-30-31-32-33-34-35-36-37-38-40-42-44-46-48-50-52-54-61(66)72-59(58-71-63(62(67)68)69-56-55-64(3,4)5)57-70-60(65)53-51-49-47-45-43-41-39-23-21-19-17-15-13-11-9-7-2/h8,10,14,16-17,19-20,22-23,25-26,28-29,31-32,34-35,37-39,42,44,59,63H,6-7,9,11-13,15,18,21,24,27,30,33,36,40-41,43,45-58H2,1-5H3/p+1/b10-8-,16-14-,19-17-,22-20-,26-25-,29-28-,32-31-,35-34-,38-37-,39-23-,44-42-. The van der Waals surface area contributed by atoms with Crippen LogP contribution in [-0.2, 0) is 33.3 Å². The number of unbranched alkanes of at least 4 members (excludes halogenated alkanes) is 12. The smallest absolute Gasteiger partial charge is 0.361 e. The van der Waals surface area contributed by atoms with Crippen molar-refractivity contribution >= 4 is 17.9 Å². The number of nitrogens with zero attached hydrogens (tertiary/aromatic N) is 1. The fourth-order valence-corrected chi connectivity index (χ4v) is 6.86. The van der Waals surface area contributed by atoms with Gasteiger partial charge in [0.25, 0.3) is 6.29 Å². The van der Waals surface area contributed by atoms with Crippen molar-refractivity contribution in [3.8, 4) is 0 Å². The molecule has 0 aromatic rings. The molecule has 2 atom stereocenters. The van der Waals surface area contributed by atoms with Gasteiger partial charge in [-0.2, -0.15) is 0 Å². The third-order valence-corrected chi connectivity index (χ3v) is 11.1. The average molecular weight is 1000 g/mol. The Kier molecular flexibility index (Phi) is 49.4. The summed E-state index contributed by atoms with van der Waals surface area (Å²) in [6, 6.07) is 0. The highest BCUT2D eigenvalue weighted by Gasteiger charge is 2.25. The maximum absolute atomic E-state index is 12.8. The SMILES string of the molecule is CC/C=C\C/C=C\C/C=C\C/C=C\C/C=C\C/C=C\C/C=C\C/C=C\C/C=C\CCCCCC(=O)OC(COC(=O)CCCCCCC/C=C\C/C=C\CCCCCC)COC(OCC[N+](C)(C)C)C(=O)O. The van der Waals surface area contributed by atoms with Crippen LogP contribution in [0.1, 0.15) is 187 Å². The van der Waals surface area contributed by atoms with E-state index < -0.39 is 24.3 Å². The molecule has 0 aromatic carbocycles. The Balaban J connectivity index is 4.40. The lowest BCUT2D eigenvalue weighted by atomic mass is 10.1. The topological polar surface area (TPSA) is 108 Å². The van der Waals surface area contributed by atoms with E-state index in [-0.39, 0.29) is 38.6 Å². The zero-order valence-corrected chi connectivity index (χ0v) is 46.0. The first-order chi connectivity index (χ1) is 35.1. The summed E-state index contributed by atoms with van der Waals surface area (Å²) < 4.78 is 22.8. The second-order valence-electron chi connectivity index (χ2n) is 19.2. The van der Waals surface area contributed by atoms with Crippen LogP contribution in [0.5, 0.6) is 0 Å². The van der Waals surface area contributed by atoms with Crippen molar-refractivity contribution in [2.24, 2.45) is 0 Å². The molecule has 0 aliphatic rings. The van der Waals surface area contributed by atoms with Crippen molar-refractivity contribution in [1.29, 1.82) is 0 Å². The number of quaternary nitrogens is 1. The fourth-order valence-electron chi connectivity index (χ4n) is 6.86. The number of carbonyl (C=O) groups is 3. The Morgan fingerprint density at radius 3 is 1.19 bits per heavy atom. The summed E-state index contributed by atoms with van der Waals surface area (Å²) in [7, 11) is 5.93. The summed E-state index contributed by atoms with van der Waals surface area (Å²) in [4.78, 5) is 37.3. The molecular formula is C63H102NO8+. The van der Waals surface area contributed by atoms with Crippen molar-refractivity contribution in [1.82, 2.24) is 0 Å². The summed E-state index contributed by atoms with van der Waals surface area (Å²) in [6.07, 6.45) is 72.4. The predicted molar refractivity (Wildman–Crippen MR) is 304 cm³/mol. The number of likely N-dealkylation sites (N-methyl/N-ethyl adjacent to an activating group) is 1. The molecule has 2 unspecified atom stereocenters. The van der Waals surface area contributed by atoms with Crippen LogP contribution < -0.4 is 0 Å². The number of esters is 2. The van der Waals surface area contributed by atoms with Crippen LogP contribution in [0.2, 0.25) is 0 Å². The maximum Gasteiger partial charge on any atom is 0.361 e. The first-order valence-electron chi connectivity index (χ1n) is 27.8. The molecule has 0 aliphatic carbocycles. The number of ether oxygens (including phenoxy) is 4. The van der Waals surface area contributed by atoms with E-state index in [9.17, 15) is 19.5 Å². The number of carboxylic acids is 1. The van der Waals surface area contributed by atoms with Gasteiger partial charge in [-0.05, 0) is 116 Å². The van der Waals surface area contributed by atoms with E-state index >= 15 is 0 Å². The van der Waals surface area contributed by atoms with E-state index in [0.29, 0.717) is 17.4 Å². The number of hydrogen-bond donors (Lipinski definition) is 1. The van der Waals surface area contributed by atoms with Gasteiger partial charge in [-0.25, -0.2) is 4.79 Å². The minimum atomic E-state index is -1.53. The number of carbonyl (C=O) groups excluding carboxylic acids is 2. The molecular weight excluding hydrogens is 899 g/mol. The van der Waals surface area contributed by atoms with Gasteiger partial charge in [-0.15, -0.1) is 0 Å². The van der Waals surface area contributed by atoms with Crippen molar-refractivity contribution in [3.05, 3.63) is 134 Å². The Hall–Kier alpha value is -4.57. The van der Waals surface area contributed by atoms with Gasteiger partial charge in [0.2, 0.25) is 0 Å². The van der Waals surface area contributed by atoms with Crippen LogP contribution >= 0.6 is 0 Å². The third-order valence-electron chi connectivity index (χ3n) is 11.1. The van der Waals surface area contributed by atoms with Crippen molar-refractivity contribution < 1.29 is 42.9 Å². The monoisotopic (exact) mass is 1000 g/mol. The Morgan fingerprint density at radius 2 is 0.792 bits per heavy atom. The van der Waals surface area contributed by atoms with Gasteiger partial charge in [0.15, 0.2) is 6.10 Å². The minimum Gasteiger partial charge on any atom is -0.477 e. The highest BCUT2D eigenvalue weighted by atomic mass is 16.7. The van der Waals surface area contributed by atoms with Crippen LogP contribution in [-0.4, -0.2) is 87.4 Å². The Labute approximate surface area is 439 Å². The quantitative estimate of drug-likeness (QED) is 0.0211. The van der Waals surface area contributed by atoms with Crippen LogP contribution in [0, 0.1) is 0 Å². The second kappa shape index (κ2) is 52.7. The van der Waals surface area contributed by atoms with Gasteiger partial charge in [-0.3, -0.25) is 9.59 Å². The van der Waals surface area contributed by atoms with Crippen LogP contribution in [0.4, 0.5) is 0 Å². The highest BCUT2D eigenvalue weighted by molar-refractivity contribution is 5.71. The molecule has 0 aromatic heterocycles. The van der Waals surface area contributed by atoms with Crippen LogP contribution in [0.3, 0.4) is 0 Å². The lowest BCUT2D eigenvalue weighted by molar-refractivity contribution is -0.870. The number of rotatable bonds is 49. The maximum atomic E-state index is 12.8. The molecule has 406 valence electrons. The van der Waals surface area contributed by atoms with Crippen LogP contribution in [0.25, 0.3) is 0 Å². The van der Waals surface area contributed by atoms with E-state index in [4.69, 9.17) is 18.9 Å². The first-order valence-corrected chi connectivity index (χ1v) is 27.8. The van der Waals surface area contributed by atoms with E-state index in [0.717, 1.165) is 122 Å². The van der Waals surface area contributed by atoms with Gasteiger partial charge in [0.05, 0.1) is 34.4 Å². The molecule has 0 rings (SSSR count). The van der Waals surface area contributed by atoms with Crippen molar-refractivity contribution in [3.63, 3.8) is 0 Å². The van der Waals surface area contributed by atoms with Gasteiger partial charge >= 0.3 is 17.9 Å². The fraction of sp³-hybridized carbons (Fsp3) is 0.603. The molecule has 0 bridgehead atoms. The van der Waals surface area contributed by atoms with Gasteiger partial charge in [0, 0.05) is 12.8 Å². The molecule has 72 heavy (non-hydrogen) atoms. The summed E-state index contributed by atoms with van der Waals surface area (Å²) in [6.45, 7) is 4.66. The largest absolute Gasteiger partial charge is 0.477 e. The van der Waals surface area contributed by atoms with Gasteiger partial charge in [0.1, 0.15) is 13.2 Å². The second-order valence-corrected chi connectivity index (χ2v) is 19.2. The Morgan fingerprint density at radius 1 is 0.431 bits per heavy atom. The molecule has 0 aliphatic heterocycles. The van der Waals surface area contributed by atoms with Crippen LogP contribution in [0.15, 0.2) is 134 Å². The van der Waals surface area contributed by atoms with Gasteiger partial charge < -0.3 is 28.5 Å². The van der Waals surface area contributed by atoms with Crippen molar-refractivity contribution in [2.45, 2.75) is 200 Å². The van der Waals surface area contributed by atoms with E-state index in [1.54, 1.807) is 0 Å². The van der Waals surface area contributed by atoms with Crippen molar-refractivity contribution in [2.75, 3.05) is 47.5 Å². The lowest BCUT2D eigenvalue weighted by Crippen LogP contribution is -2.40. The highest BCUT2D eigenvalue weighted by Crippen LogP contribution is 2.12. The number of hydrogen-bond acceptors (Lipinski definition) is 7. The molecule has 9 nitrogen and oxygen atoms in total. The zero-order chi connectivity index (χ0) is 52.7. The third kappa shape index (κ3) is 53.2. The summed E-state index contributed by atoms with van der Waals surface area (Å²) in [5.74, 6) is -2.09. The first kappa shape index (κ1) is 67.4. The summed E-state index contributed by atoms with van der Waals surface area (Å²) >= 11 is 0. The van der Waals surface area contributed by atoms with E-state index in [1.165, 1.54) is 32.1 Å². The molecule has 0 fully saturated rings. The molecule has 9 heteroatoms. The van der Waals surface area contributed by atoms with Gasteiger partial charge in [-0.1, -0.05) is 192 Å². The molecule has 0 radical (unpaired) electrons. The molecule has 0 saturated carbocycles.